The van der Waals surface area contributed by atoms with E-state index in [1.54, 1.807) is 0 Å². The molecule has 0 heterocycles. The largest absolute Gasteiger partial charge is 0.240 e. The van der Waals surface area contributed by atoms with Gasteiger partial charge >= 0.3 is 0 Å². The minimum Gasteiger partial charge on any atom is -0.211 e. The van der Waals surface area contributed by atoms with Crippen LogP contribution in [-0.4, -0.2) is 20.8 Å². The van der Waals surface area contributed by atoms with Crippen molar-refractivity contribution in [3.05, 3.63) is 30.1 Å². The molecule has 0 saturated heterocycles. The van der Waals surface area contributed by atoms with Crippen molar-refractivity contribution in [2.24, 2.45) is 5.41 Å². The molecule has 1 aliphatic carbocycles. The zero-order valence-corrected chi connectivity index (χ0v) is 12.1. The van der Waals surface area contributed by atoms with Crippen LogP contribution in [0.4, 0.5) is 4.39 Å². The first kappa shape index (κ1) is 14.8. The Morgan fingerprint density at radius 1 is 1.21 bits per heavy atom. The molecule has 6 heteroatoms. The maximum Gasteiger partial charge on any atom is 0.240 e. The summed E-state index contributed by atoms with van der Waals surface area (Å²) in [7, 11) is -3.59. The van der Waals surface area contributed by atoms with Crippen LogP contribution in [0.25, 0.3) is 0 Å². The molecule has 0 unspecified atom stereocenters. The molecule has 1 fully saturated rings. The molecule has 19 heavy (non-hydrogen) atoms. The molecule has 1 aromatic carbocycles. The van der Waals surface area contributed by atoms with Crippen LogP contribution in [-0.2, 0) is 10.0 Å². The second kappa shape index (κ2) is 5.77. The lowest BCUT2D eigenvalue weighted by Gasteiger charge is -2.26. The van der Waals surface area contributed by atoms with Gasteiger partial charge in [0.2, 0.25) is 10.0 Å². The Labute approximate surface area is 118 Å². The molecule has 3 nitrogen and oxygen atoms in total. The molecule has 0 atom stereocenters. The van der Waals surface area contributed by atoms with E-state index >= 15 is 0 Å². The van der Waals surface area contributed by atoms with E-state index in [4.69, 9.17) is 11.6 Å². The zero-order chi connectivity index (χ0) is 13.9. The predicted molar refractivity (Wildman–Crippen MR) is 73.2 cm³/mol. The smallest absolute Gasteiger partial charge is 0.211 e. The summed E-state index contributed by atoms with van der Waals surface area (Å²) in [6, 6.07) is 4.81. The molecule has 106 valence electrons. The Morgan fingerprint density at radius 2 is 1.79 bits per heavy atom. The summed E-state index contributed by atoms with van der Waals surface area (Å²) < 4.78 is 39.5. The van der Waals surface area contributed by atoms with Crippen LogP contribution < -0.4 is 4.72 Å². The van der Waals surface area contributed by atoms with Gasteiger partial charge in [-0.15, -0.1) is 11.6 Å². The Hall–Kier alpha value is -0.650. The molecule has 0 amide bonds. The third-order valence-corrected chi connectivity index (χ3v) is 5.69. The summed E-state index contributed by atoms with van der Waals surface area (Å²) in [5.74, 6) is 0.00540. The number of benzene rings is 1. The monoisotopic (exact) mass is 305 g/mol. The number of hydrogen-bond donors (Lipinski definition) is 1. The highest BCUT2D eigenvalue weighted by molar-refractivity contribution is 7.89. The number of nitrogens with one attached hydrogen (secondary N) is 1. The van der Waals surface area contributed by atoms with Crippen molar-refractivity contribution >= 4 is 21.6 Å². The van der Waals surface area contributed by atoms with Gasteiger partial charge in [0.1, 0.15) is 5.82 Å². The lowest BCUT2D eigenvalue weighted by atomic mass is 9.89. The van der Waals surface area contributed by atoms with Gasteiger partial charge in [-0.05, 0) is 42.5 Å². The quantitative estimate of drug-likeness (QED) is 0.850. The Morgan fingerprint density at radius 3 is 2.32 bits per heavy atom. The minimum atomic E-state index is -3.59. The first-order valence-corrected chi connectivity index (χ1v) is 8.30. The molecule has 1 saturated carbocycles. The minimum absolute atomic E-state index is 0.0802. The molecule has 1 aromatic rings. The third-order valence-electron chi connectivity index (χ3n) is 3.71. The van der Waals surface area contributed by atoms with Crippen LogP contribution >= 0.6 is 11.6 Å². The third kappa shape index (κ3) is 3.46. The van der Waals surface area contributed by atoms with Gasteiger partial charge in [0.25, 0.3) is 0 Å². The zero-order valence-electron chi connectivity index (χ0n) is 10.5. The summed E-state index contributed by atoms with van der Waals surface area (Å²) in [5, 5.41) is 0. The number of sulfonamides is 1. The molecule has 0 aliphatic heterocycles. The average Bonchev–Trinajstić information content (AvgIpc) is 2.87. The summed E-state index contributed by atoms with van der Waals surface area (Å²) in [4.78, 5) is 0.0802. The van der Waals surface area contributed by atoms with Crippen molar-refractivity contribution < 1.29 is 12.8 Å². The standard InChI is InChI=1S/C13H17ClFNO2S/c14-9-13(7-1-2-8-13)10-16-19(17,18)12-5-3-11(15)4-6-12/h3-6,16H,1-2,7-10H2. The summed E-state index contributed by atoms with van der Waals surface area (Å²) in [5.41, 5.74) is -0.130. The highest BCUT2D eigenvalue weighted by atomic mass is 35.5. The van der Waals surface area contributed by atoms with Crippen molar-refractivity contribution in [1.82, 2.24) is 4.72 Å². The maximum atomic E-state index is 12.8. The Kier molecular flexibility index (Phi) is 4.48. The number of alkyl halides is 1. The second-order valence-corrected chi connectivity index (χ2v) is 7.15. The van der Waals surface area contributed by atoms with Crippen LogP contribution in [0.3, 0.4) is 0 Å². The highest BCUT2D eigenvalue weighted by Gasteiger charge is 2.34. The van der Waals surface area contributed by atoms with E-state index in [1.165, 1.54) is 12.1 Å². The van der Waals surface area contributed by atoms with E-state index in [-0.39, 0.29) is 10.3 Å². The van der Waals surface area contributed by atoms with E-state index in [2.05, 4.69) is 4.72 Å². The van der Waals surface area contributed by atoms with Gasteiger partial charge in [-0.2, -0.15) is 0 Å². The molecular formula is C13H17ClFNO2S. The molecule has 2 rings (SSSR count). The lowest BCUT2D eigenvalue weighted by molar-refractivity contribution is 0.342. The molecule has 1 N–H and O–H groups in total. The van der Waals surface area contributed by atoms with Crippen molar-refractivity contribution in [3.63, 3.8) is 0 Å². The second-order valence-electron chi connectivity index (χ2n) is 5.12. The van der Waals surface area contributed by atoms with Crippen molar-refractivity contribution in [2.45, 2.75) is 30.6 Å². The fraction of sp³-hybridized carbons (Fsp3) is 0.538. The number of halogens is 2. The number of hydrogen-bond acceptors (Lipinski definition) is 2. The van der Waals surface area contributed by atoms with Gasteiger partial charge in [0.15, 0.2) is 0 Å². The normalized spacial score (nSPS) is 18.6. The molecule has 0 bridgehead atoms. The number of rotatable bonds is 5. The van der Waals surface area contributed by atoms with Gasteiger partial charge < -0.3 is 0 Å². The molecule has 1 aliphatic rings. The first-order chi connectivity index (χ1) is 8.97. The van der Waals surface area contributed by atoms with Crippen molar-refractivity contribution in [3.8, 4) is 0 Å². The van der Waals surface area contributed by atoms with Crippen molar-refractivity contribution in [2.75, 3.05) is 12.4 Å². The Balaban J connectivity index is 2.07. The van der Waals surface area contributed by atoms with Crippen LogP contribution in [0.15, 0.2) is 29.2 Å². The van der Waals surface area contributed by atoms with Crippen LogP contribution in [0, 0.1) is 11.2 Å². The fourth-order valence-electron chi connectivity index (χ4n) is 2.43. The van der Waals surface area contributed by atoms with Crippen LogP contribution in [0.2, 0.25) is 0 Å². The molecule has 0 radical (unpaired) electrons. The fourth-order valence-corrected chi connectivity index (χ4v) is 3.95. The van der Waals surface area contributed by atoms with E-state index in [1.807, 2.05) is 0 Å². The predicted octanol–water partition coefficient (Wildman–Crippen LogP) is 2.90. The van der Waals surface area contributed by atoms with Gasteiger partial charge in [-0.3, -0.25) is 0 Å². The van der Waals surface area contributed by atoms with Crippen LogP contribution in [0.5, 0.6) is 0 Å². The summed E-state index contributed by atoms with van der Waals surface area (Å²) >= 11 is 5.98. The van der Waals surface area contributed by atoms with Crippen LogP contribution in [0.1, 0.15) is 25.7 Å². The van der Waals surface area contributed by atoms with E-state index in [0.717, 1.165) is 37.8 Å². The molecular weight excluding hydrogens is 289 g/mol. The van der Waals surface area contributed by atoms with Gasteiger partial charge in [-0.1, -0.05) is 12.8 Å². The SMILES string of the molecule is O=S(=O)(NCC1(CCl)CCCC1)c1ccc(F)cc1. The van der Waals surface area contributed by atoms with Gasteiger partial charge in [0, 0.05) is 12.4 Å². The van der Waals surface area contributed by atoms with E-state index in [9.17, 15) is 12.8 Å². The maximum absolute atomic E-state index is 12.8. The average molecular weight is 306 g/mol. The summed E-state index contributed by atoms with van der Waals surface area (Å²) in [6.45, 7) is 0.343. The Bertz CT molecular complexity index is 524. The summed E-state index contributed by atoms with van der Waals surface area (Å²) in [6.07, 6.45) is 4.07. The molecule has 0 aromatic heterocycles. The molecule has 0 spiro atoms. The van der Waals surface area contributed by atoms with E-state index in [0.29, 0.717) is 12.4 Å². The van der Waals surface area contributed by atoms with E-state index < -0.39 is 15.8 Å². The van der Waals surface area contributed by atoms with Gasteiger partial charge in [0.05, 0.1) is 4.90 Å². The topological polar surface area (TPSA) is 46.2 Å². The van der Waals surface area contributed by atoms with Crippen molar-refractivity contribution in [1.29, 1.82) is 0 Å². The first-order valence-electron chi connectivity index (χ1n) is 6.29. The lowest BCUT2D eigenvalue weighted by Crippen LogP contribution is -2.37. The highest BCUT2D eigenvalue weighted by Crippen LogP contribution is 2.38. The van der Waals surface area contributed by atoms with Gasteiger partial charge in [-0.25, -0.2) is 17.5 Å².